The topological polar surface area (TPSA) is 35.6 Å². The van der Waals surface area contributed by atoms with E-state index in [0.29, 0.717) is 5.95 Å². The van der Waals surface area contributed by atoms with Crippen molar-refractivity contribution in [2.75, 3.05) is 0 Å². The second-order valence-corrected chi connectivity index (χ2v) is 15.0. The van der Waals surface area contributed by atoms with Crippen molar-refractivity contribution < 1.29 is 0 Å². The molecule has 0 spiro atoms. The predicted molar refractivity (Wildman–Crippen MR) is 242 cm³/mol. The molecule has 0 atom stereocenters. The van der Waals surface area contributed by atoms with Crippen LogP contribution in [0, 0.1) is 0 Å². The van der Waals surface area contributed by atoms with Crippen LogP contribution in [0.4, 0.5) is 0 Å². The molecule has 12 rings (SSSR count). The zero-order valence-corrected chi connectivity index (χ0v) is 31.4. The molecule has 12 aromatic rings. The van der Waals surface area contributed by atoms with Gasteiger partial charge in [0, 0.05) is 38.2 Å². The van der Waals surface area contributed by atoms with Crippen LogP contribution in [0.3, 0.4) is 0 Å². The first-order valence-electron chi connectivity index (χ1n) is 19.8. The Morgan fingerprint density at radius 3 is 1.79 bits per heavy atom. The van der Waals surface area contributed by atoms with Crippen LogP contribution in [-0.2, 0) is 0 Å². The number of hydrogen-bond donors (Lipinski definition) is 0. The van der Waals surface area contributed by atoms with Gasteiger partial charge in [0.2, 0.25) is 5.95 Å². The summed E-state index contributed by atoms with van der Waals surface area (Å²) in [7, 11) is 0. The van der Waals surface area contributed by atoms with Crippen molar-refractivity contribution in [2.24, 2.45) is 0 Å². The average molecular weight is 739 g/mol. The molecular formula is C54H34N4. The zero-order chi connectivity index (χ0) is 38.2. The molecule has 0 N–H and O–H groups in total. The summed E-state index contributed by atoms with van der Waals surface area (Å²) in [6.45, 7) is 0. The van der Waals surface area contributed by atoms with Gasteiger partial charge in [0.05, 0.1) is 33.3 Å². The molecule has 0 fully saturated rings. The highest BCUT2D eigenvalue weighted by molar-refractivity contribution is 6.19. The lowest BCUT2D eigenvalue weighted by Crippen LogP contribution is -2.04. The molecule has 0 aliphatic carbocycles. The Balaban J connectivity index is 1.23. The highest BCUT2D eigenvalue weighted by Gasteiger charge is 2.23. The van der Waals surface area contributed by atoms with Crippen LogP contribution in [0.1, 0.15) is 0 Å². The molecule has 4 heteroatoms. The third-order valence-electron chi connectivity index (χ3n) is 11.7. The first-order valence-corrected chi connectivity index (χ1v) is 19.8. The summed E-state index contributed by atoms with van der Waals surface area (Å²) in [5.41, 5.74) is 12.9. The van der Waals surface area contributed by atoms with E-state index in [9.17, 15) is 0 Å². The summed E-state index contributed by atoms with van der Waals surface area (Å²) < 4.78 is 4.68. The molecule has 0 unspecified atom stereocenters. The molecule has 0 saturated heterocycles. The van der Waals surface area contributed by atoms with Gasteiger partial charge in [-0.15, -0.1) is 0 Å². The molecule has 0 radical (unpaired) electrons. The van der Waals surface area contributed by atoms with E-state index >= 15 is 0 Å². The first-order chi connectivity index (χ1) is 28.8. The highest BCUT2D eigenvalue weighted by Crippen LogP contribution is 2.43. The van der Waals surface area contributed by atoms with Crippen LogP contribution in [-0.4, -0.2) is 19.1 Å². The summed E-state index contributed by atoms with van der Waals surface area (Å²) in [6.07, 6.45) is 0. The Hall–Kier alpha value is -7.82. The maximum atomic E-state index is 5.69. The number of rotatable bonds is 5. The van der Waals surface area contributed by atoms with E-state index in [2.05, 4.69) is 215 Å². The molecule has 0 saturated carbocycles. The van der Waals surface area contributed by atoms with E-state index in [0.717, 1.165) is 61.0 Å². The van der Waals surface area contributed by atoms with Gasteiger partial charge < -0.3 is 4.57 Å². The second-order valence-electron chi connectivity index (χ2n) is 15.0. The summed E-state index contributed by atoms with van der Waals surface area (Å²) in [5, 5.41) is 8.11. The van der Waals surface area contributed by atoms with Gasteiger partial charge in [0.1, 0.15) is 0 Å². The number of nitrogens with zero attached hydrogens (tertiary/aromatic N) is 4. The van der Waals surface area contributed by atoms with E-state index in [4.69, 9.17) is 9.97 Å². The minimum Gasteiger partial charge on any atom is -0.309 e. The maximum absolute atomic E-state index is 5.69. The Labute approximate surface area is 334 Å². The minimum atomic E-state index is 0.632. The van der Waals surface area contributed by atoms with E-state index in [1.807, 2.05) is 0 Å². The van der Waals surface area contributed by atoms with Gasteiger partial charge in [-0.2, -0.15) is 0 Å². The van der Waals surface area contributed by atoms with Crippen LogP contribution >= 0.6 is 0 Å². The van der Waals surface area contributed by atoms with E-state index in [1.54, 1.807) is 0 Å². The maximum Gasteiger partial charge on any atom is 0.235 e. The quantitative estimate of drug-likeness (QED) is 0.176. The third kappa shape index (κ3) is 4.95. The monoisotopic (exact) mass is 738 g/mol. The highest BCUT2D eigenvalue weighted by atomic mass is 15.2. The van der Waals surface area contributed by atoms with Gasteiger partial charge in [0.15, 0.2) is 0 Å². The molecule has 0 amide bonds. The largest absolute Gasteiger partial charge is 0.309 e. The van der Waals surface area contributed by atoms with Crippen molar-refractivity contribution in [1.82, 2.24) is 19.1 Å². The molecule has 0 aliphatic heterocycles. The number of aromatic nitrogens is 4. The van der Waals surface area contributed by atoms with Crippen molar-refractivity contribution >= 4 is 65.3 Å². The Kier molecular flexibility index (Phi) is 7.20. The fraction of sp³-hybridized carbons (Fsp3) is 0. The fourth-order valence-electron chi connectivity index (χ4n) is 9.11. The minimum absolute atomic E-state index is 0.632. The molecule has 9 aromatic carbocycles. The average Bonchev–Trinajstić information content (AvgIpc) is 3.81. The van der Waals surface area contributed by atoms with Gasteiger partial charge in [0.25, 0.3) is 0 Å². The first kappa shape index (κ1) is 32.4. The standard InChI is InChI=1S/C54H34N4/c1-4-16-35(17-5-1)39-30-31-44-47(33-39)55-54(56-52(44)45-27-14-26-43-42-24-12-13-28-48(42)57(53(43)45)40-22-8-3-9-23-40)58-49-29-15-25-41(36-18-6-2-7-19-36)51(49)46-32-37-20-10-11-21-38(37)34-50(46)58/h1-34H. The van der Waals surface area contributed by atoms with Gasteiger partial charge in [-0.3, -0.25) is 4.57 Å². The number of fused-ring (bicyclic) bond motifs is 8. The normalized spacial score (nSPS) is 11.8. The van der Waals surface area contributed by atoms with Crippen molar-refractivity contribution in [3.63, 3.8) is 0 Å². The van der Waals surface area contributed by atoms with E-state index in [1.165, 1.54) is 43.4 Å². The van der Waals surface area contributed by atoms with Gasteiger partial charge in [-0.25, -0.2) is 9.97 Å². The number of benzene rings is 9. The van der Waals surface area contributed by atoms with Gasteiger partial charge in [-0.05, 0) is 81.6 Å². The van der Waals surface area contributed by atoms with Crippen LogP contribution < -0.4 is 0 Å². The summed E-state index contributed by atoms with van der Waals surface area (Å²) >= 11 is 0. The SMILES string of the molecule is c1ccc(-c2ccc3c(-c4cccc5c6ccccc6n(-c6ccccc6)c45)nc(-n4c5cc6ccccc6cc5c5c(-c6ccccc6)cccc54)nc3c2)cc1. The smallest absolute Gasteiger partial charge is 0.235 e. The lowest BCUT2D eigenvalue weighted by Gasteiger charge is -2.15. The molecule has 0 bridgehead atoms. The van der Waals surface area contributed by atoms with Gasteiger partial charge in [-0.1, -0.05) is 158 Å². The Morgan fingerprint density at radius 2 is 0.983 bits per heavy atom. The molecule has 0 aliphatic rings. The Bertz CT molecular complexity index is 3550. The lowest BCUT2D eigenvalue weighted by molar-refractivity contribution is 1.01. The van der Waals surface area contributed by atoms with Crippen LogP contribution in [0.25, 0.3) is 110 Å². The van der Waals surface area contributed by atoms with E-state index in [-0.39, 0.29) is 0 Å². The van der Waals surface area contributed by atoms with Crippen LogP contribution in [0.2, 0.25) is 0 Å². The van der Waals surface area contributed by atoms with Crippen molar-refractivity contribution in [1.29, 1.82) is 0 Å². The van der Waals surface area contributed by atoms with Crippen molar-refractivity contribution in [3.05, 3.63) is 206 Å². The molecule has 270 valence electrons. The van der Waals surface area contributed by atoms with Crippen LogP contribution in [0.5, 0.6) is 0 Å². The fourth-order valence-corrected chi connectivity index (χ4v) is 9.11. The van der Waals surface area contributed by atoms with E-state index < -0.39 is 0 Å². The molecule has 4 nitrogen and oxygen atoms in total. The lowest BCUT2D eigenvalue weighted by atomic mass is 9.98. The molecule has 58 heavy (non-hydrogen) atoms. The van der Waals surface area contributed by atoms with Crippen molar-refractivity contribution in [2.45, 2.75) is 0 Å². The molecular weight excluding hydrogens is 705 g/mol. The Morgan fingerprint density at radius 1 is 0.345 bits per heavy atom. The molecule has 3 heterocycles. The summed E-state index contributed by atoms with van der Waals surface area (Å²) in [4.78, 5) is 11.2. The zero-order valence-electron chi connectivity index (χ0n) is 31.4. The van der Waals surface area contributed by atoms with Crippen molar-refractivity contribution in [3.8, 4) is 45.1 Å². The van der Waals surface area contributed by atoms with Gasteiger partial charge >= 0.3 is 0 Å². The number of hydrogen-bond acceptors (Lipinski definition) is 2. The third-order valence-corrected chi connectivity index (χ3v) is 11.7. The predicted octanol–water partition coefficient (Wildman–Crippen LogP) is 14.0. The second kappa shape index (κ2) is 12.9. The summed E-state index contributed by atoms with van der Waals surface area (Å²) in [6, 6.07) is 73.8. The summed E-state index contributed by atoms with van der Waals surface area (Å²) in [5.74, 6) is 0.632. The number of para-hydroxylation sites is 3. The molecule has 3 aromatic heterocycles. The van der Waals surface area contributed by atoms with Crippen LogP contribution in [0.15, 0.2) is 206 Å².